The maximum atomic E-state index is 13.5. The van der Waals surface area contributed by atoms with Crippen molar-refractivity contribution in [1.82, 2.24) is 0 Å². The van der Waals surface area contributed by atoms with Crippen molar-refractivity contribution < 1.29 is 46.1 Å². The number of rotatable bonds is 12. The van der Waals surface area contributed by atoms with Crippen LogP contribution >= 0.6 is 0 Å². The van der Waals surface area contributed by atoms with Crippen molar-refractivity contribution in [3.63, 3.8) is 0 Å². The molecule has 0 saturated heterocycles. The van der Waals surface area contributed by atoms with E-state index in [-0.39, 0.29) is 32.3 Å². The Morgan fingerprint density at radius 1 is 0.650 bits per heavy atom. The molecule has 0 fully saturated rings. The molecule has 0 amide bonds. The van der Waals surface area contributed by atoms with Gasteiger partial charge in [0.15, 0.2) is 0 Å². The van der Waals surface area contributed by atoms with Gasteiger partial charge in [0.1, 0.15) is 24.6 Å². The first kappa shape index (κ1) is 30.2. The second-order valence-electron chi connectivity index (χ2n) is 8.59. The number of carboxylic acids is 2. The third-order valence-electron chi connectivity index (χ3n) is 5.90. The van der Waals surface area contributed by atoms with E-state index in [1.807, 2.05) is 0 Å². The number of carbonyl (C=O) groups is 2. The summed E-state index contributed by atoms with van der Waals surface area (Å²) in [7, 11) is -5.94. The maximum absolute atomic E-state index is 13.5. The normalized spacial score (nSPS) is 11.5. The SMILES string of the molecule is COc1ccc(S(=O)(=O)N(CC(=O)O)c2cc(C)c(N(CC(=O)O)S(=O)(=O)c3ccc(OC)cc3)cc2C)cc1. The van der Waals surface area contributed by atoms with Crippen LogP contribution in [0.4, 0.5) is 11.4 Å². The van der Waals surface area contributed by atoms with Crippen LogP contribution in [0.1, 0.15) is 11.1 Å². The Bertz CT molecular complexity index is 1500. The lowest BCUT2D eigenvalue weighted by atomic mass is 10.1. The summed E-state index contributed by atoms with van der Waals surface area (Å²) in [6, 6.07) is 13.4. The molecule has 40 heavy (non-hydrogen) atoms. The summed E-state index contributed by atoms with van der Waals surface area (Å²) in [5, 5.41) is 19.0. The van der Waals surface area contributed by atoms with Gasteiger partial charge in [-0.2, -0.15) is 0 Å². The Labute approximate surface area is 232 Å². The fraction of sp³-hybridized carbons (Fsp3) is 0.231. The number of carboxylic acid groups (broad SMARTS) is 2. The van der Waals surface area contributed by atoms with E-state index in [0.29, 0.717) is 20.1 Å². The van der Waals surface area contributed by atoms with Gasteiger partial charge in [-0.25, -0.2) is 16.8 Å². The number of hydrogen-bond acceptors (Lipinski definition) is 8. The highest BCUT2D eigenvalue weighted by molar-refractivity contribution is 7.93. The van der Waals surface area contributed by atoms with Crippen molar-refractivity contribution in [1.29, 1.82) is 0 Å². The standard InChI is InChI=1S/C26H28N2O10S2/c1-17-13-24(28(16-26(31)32)40(35,36)22-11-7-20(38-4)8-12-22)18(2)14-23(17)27(15-25(29)30)39(33,34)21-9-5-19(37-3)6-10-21/h5-14H,15-16H2,1-4H3,(H,29,30)(H,31,32). The van der Waals surface area contributed by atoms with Gasteiger partial charge in [0, 0.05) is 0 Å². The second-order valence-corrected chi connectivity index (χ2v) is 12.3. The fourth-order valence-corrected chi connectivity index (χ4v) is 6.86. The third-order valence-corrected chi connectivity index (χ3v) is 9.45. The van der Waals surface area contributed by atoms with Crippen molar-refractivity contribution in [3.05, 3.63) is 71.8 Å². The van der Waals surface area contributed by atoms with Gasteiger partial charge in [0.05, 0.1) is 35.4 Å². The molecule has 3 aromatic carbocycles. The average molecular weight is 593 g/mol. The Balaban J connectivity index is 2.16. The van der Waals surface area contributed by atoms with E-state index in [1.54, 1.807) is 0 Å². The lowest BCUT2D eigenvalue weighted by molar-refractivity contribution is -0.136. The summed E-state index contributed by atoms with van der Waals surface area (Å²) in [5.74, 6) is -2.05. The first-order valence-electron chi connectivity index (χ1n) is 11.6. The van der Waals surface area contributed by atoms with Crippen LogP contribution in [0.3, 0.4) is 0 Å². The van der Waals surface area contributed by atoms with Crippen molar-refractivity contribution in [2.24, 2.45) is 0 Å². The van der Waals surface area contributed by atoms with Crippen LogP contribution in [-0.2, 0) is 29.6 Å². The number of benzene rings is 3. The summed E-state index contributed by atoms with van der Waals surface area (Å²) in [5.41, 5.74) is 0.353. The molecule has 0 spiro atoms. The van der Waals surface area contributed by atoms with Gasteiger partial charge in [0.25, 0.3) is 20.0 Å². The minimum Gasteiger partial charge on any atom is -0.497 e. The molecule has 12 nitrogen and oxygen atoms in total. The molecule has 14 heteroatoms. The molecule has 0 aliphatic rings. The predicted octanol–water partition coefficient (Wildman–Crippen LogP) is 2.88. The van der Waals surface area contributed by atoms with E-state index in [2.05, 4.69) is 0 Å². The highest BCUT2D eigenvalue weighted by Gasteiger charge is 2.32. The molecule has 0 aromatic heterocycles. The van der Waals surface area contributed by atoms with Crippen LogP contribution in [0, 0.1) is 13.8 Å². The molecule has 3 rings (SSSR count). The number of ether oxygens (including phenoxy) is 2. The minimum absolute atomic E-state index is 0.0170. The molecule has 0 saturated carbocycles. The van der Waals surface area contributed by atoms with Gasteiger partial charge in [-0.3, -0.25) is 18.2 Å². The van der Waals surface area contributed by atoms with Crippen molar-refractivity contribution >= 4 is 43.4 Å². The quantitative estimate of drug-likeness (QED) is 0.319. The second kappa shape index (κ2) is 11.8. The highest BCUT2D eigenvalue weighted by Crippen LogP contribution is 2.35. The summed E-state index contributed by atoms with van der Waals surface area (Å²) < 4.78 is 65.6. The van der Waals surface area contributed by atoms with Crippen molar-refractivity contribution in [2.45, 2.75) is 23.6 Å². The minimum atomic E-state index is -4.38. The van der Waals surface area contributed by atoms with E-state index >= 15 is 0 Å². The molecule has 0 aliphatic carbocycles. The Morgan fingerprint density at radius 2 is 0.950 bits per heavy atom. The summed E-state index contributed by atoms with van der Waals surface area (Å²) in [4.78, 5) is 23.0. The molecule has 0 aliphatic heterocycles. The molecule has 0 unspecified atom stereocenters. The number of hydrogen-bond donors (Lipinski definition) is 2. The van der Waals surface area contributed by atoms with Crippen LogP contribution in [-0.4, -0.2) is 66.3 Å². The molecule has 2 N–H and O–H groups in total. The van der Waals surface area contributed by atoms with Gasteiger partial charge < -0.3 is 19.7 Å². The smallest absolute Gasteiger partial charge is 0.324 e. The van der Waals surface area contributed by atoms with Crippen LogP contribution in [0.25, 0.3) is 0 Å². The van der Waals surface area contributed by atoms with E-state index < -0.39 is 45.1 Å². The number of aliphatic carboxylic acids is 2. The monoisotopic (exact) mass is 592 g/mol. The van der Waals surface area contributed by atoms with E-state index in [9.17, 15) is 36.6 Å². The largest absolute Gasteiger partial charge is 0.497 e. The van der Waals surface area contributed by atoms with Crippen molar-refractivity contribution in [3.8, 4) is 11.5 Å². The van der Waals surface area contributed by atoms with Crippen LogP contribution < -0.4 is 18.1 Å². The number of nitrogens with zero attached hydrogens (tertiary/aromatic N) is 2. The average Bonchev–Trinajstić information content (AvgIpc) is 2.91. The van der Waals surface area contributed by atoms with Crippen LogP contribution in [0.5, 0.6) is 11.5 Å². The molecule has 0 atom stereocenters. The first-order valence-corrected chi connectivity index (χ1v) is 14.5. The lowest BCUT2D eigenvalue weighted by Gasteiger charge is -2.29. The molecular weight excluding hydrogens is 564 g/mol. The van der Waals surface area contributed by atoms with E-state index in [0.717, 1.165) is 0 Å². The Kier molecular flexibility index (Phi) is 8.95. The van der Waals surface area contributed by atoms with Gasteiger partial charge in [-0.1, -0.05) is 0 Å². The van der Waals surface area contributed by atoms with Crippen molar-refractivity contribution in [2.75, 3.05) is 35.9 Å². The zero-order valence-corrected chi connectivity index (χ0v) is 23.7. The molecule has 0 heterocycles. The van der Waals surface area contributed by atoms with Gasteiger partial charge in [-0.05, 0) is 85.6 Å². The van der Waals surface area contributed by atoms with E-state index in [4.69, 9.17) is 9.47 Å². The van der Waals surface area contributed by atoms with Gasteiger partial charge >= 0.3 is 11.9 Å². The topological polar surface area (TPSA) is 168 Å². The lowest BCUT2D eigenvalue weighted by Crippen LogP contribution is -2.37. The first-order chi connectivity index (χ1) is 18.7. The molecule has 3 aromatic rings. The number of sulfonamides is 2. The maximum Gasteiger partial charge on any atom is 0.324 e. The summed E-state index contributed by atoms with van der Waals surface area (Å²) in [6.07, 6.45) is 0. The Hall–Kier alpha value is -4.30. The van der Waals surface area contributed by atoms with Crippen LogP contribution in [0.2, 0.25) is 0 Å². The van der Waals surface area contributed by atoms with E-state index in [1.165, 1.54) is 88.7 Å². The number of anilines is 2. The zero-order valence-electron chi connectivity index (χ0n) is 22.1. The third kappa shape index (κ3) is 6.29. The highest BCUT2D eigenvalue weighted by atomic mass is 32.2. The predicted molar refractivity (Wildman–Crippen MR) is 146 cm³/mol. The van der Waals surface area contributed by atoms with Gasteiger partial charge in [-0.15, -0.1) is 0 Å². The summed E-state index contributed by atoms with van der Waals surface area (Å²) >= 11 is 0. The molecule has 214 valence electrons. The Morgan fingerprint density at radius 3 is 1.20 bits per heavy atom. The zero-order chi connectivity index (χ0) is 29.8. The van der Waals surface area contributed by atoms with Crippen LogP contribution in [0.15, 0.2) is 70.5 Å². The molecule has 0 bridgehead atoms. The molecular formula is C26H28N2O10S2. The number of methoxy groups -OCH3 is 2. The van der Waals surface area contributed by atoms with Gasteiger partial charge in [0.2, 0.25) is 0 Å². The fourth-order valence-electron chi connectivity index (χ4n) is 3.92. The number of aryl methyl sites for hydroxylation is 2. The summed E-state index contributed by atoms with van der Waals surface area (Å²) in [6.45, 7) is 1.10. The molecule has 0 radical (unpaired) electrons.